The van der Waals surface area contributed by atoms with Crippen molar-refractivity contribution >= 4 is 0 Å². The van der Waals surface area contributed by atoms with Gasteiger partial charge in [-0.15, -0.1) is 0 Å². The van der Waals surface area contributed by atoms with E-state index in [4.69, 9.17) is 72.9 Å². The van der Waals surface area contributed by atoms with Gasteiger partial charge in [0, 0.05) is 79.3 Å². The summed E-state index contributed by atoms with van der Waals surface area (Å²) >= 11 is 0. The van der Waals surface area contributed by atoms with Crippen LogP contribution in [-0.4, -0.2) is 177 Å². The van der Waals surface area contributed by atoms with E-state index in [0.29, 0.717) is 66.1 Å². The fourth-order valence-corrected chi connectivity index (χ4v) is 3.84. The Kier molecular flexibility index (Phi) is 71.8. The number of unbranched alkanes of at least 4 members (excludes halogenated alkanes) is 2. The van der Waals surface area contributed by atoms with Crippen LogP contribution in [-0.2, 0) is 37.9 Å². The van der Waals surface area contributed by atoms with Crippen LogP contribution in [0.2, 0.25) is 0 Å². The number of aliphatic hydroxyl groups is 5. The summed E-state index contributed by atoms with van der Waals surface area (Å²) in [6, 6.07) is 7.39. The van der Waals surface area contributed by atoms with Crippen molar-refractivity contribution in [1.82, 2.24) is 0 Å². The molecule has 0 bridgehead atoms. The summed E-state index contributed by atoms with van der Waals surface area (Å²) in [5.41, 5.74) is 0. The van der Waals surface area contributed by atoms with Crippen molar-refractivity contribution in [3.05, 3.63) is 24.3 Å². The van der Waals surface area contributed by atoms with Gasteiger partial charge in [-0.25, -0.2) is 0 Å². The standard InChI is InChI=1S/C11H16O3.C10H22O3.C9H20O3.C8H18O3.C7H16O3/c1-2-8-13-10-3-5-11(6-4-10)14-9-7-12;1-2-3-7-12-9-5-10-13-8-4-6-11;1-2-3-6-11-8-9-12-7-4-5-10;1-2-5-10-6-3-7-11-8-4-9;1-2-4-9-6-7-10-5-3-8/h3-6,12H,2,7-9H2,1H3;11H,2-10H2,1H3;10H,2-9H2,1H3;9H,2-8H2,1H3;8H,2-7H2,1H3. The third-order valence-electron chi connectivity index (χ3n) is 6.90. The third-order valence-corrected chi connectivity index (χ3v) is 6.90. The van der Waals surface area contributed by atoms with Crippen LogP contribution in [0.4, 0.5) is 0 Å². The van der Waals surface area contributed by atoms with Crippen molar-refractivity contribution < 1.29 is 72.9 Å². The quantitative estimate of drug-likeness (QED) is 0.0491. The van der Waals surface area contributed by atoms with Gasteiger partial charge in [-0.1, -0.05) is 47.5 Å². The first-order valence-corrected chi connectivity index (χ1v) is 22.5. The van der Waals surface area contributed by atoms with Crippen molar-refractivity contribution in [2.75, 3.05) is 152 Å². The van der Waals surface area contributed by atoms with Gasteiger partial charge in [0.25, 0.3) is 0 Å². The number of hydrogen-bond acceptors (Lipinski definition) is 15. The maximum atomic E-state index is 8.55. The van der Waals surface area contributed by atoms with Gasteiger partial charge >= 0.3 is 0 Å². The zero-order valence-corrected chi connectivity index (χ0v) is 38.7. The van der Waals surface area contributed by atoms with Gasteiger partial charge < -0.3 is 72.9 Å². The van der Waals surface area contributed by atoms with Crippen molar-refractivity contribution in [2.24, 2.45) is 0 Å². The molecule has 0 saturated carbocycles. The fraction of sp³-hybridized carbons (Fsp3) is 0.867. The number of aliphatic hydroxyl groups excluding tert-OH is 5. The van der Waals surface area contributed by atoms with E-state index in [-0.39, 0.29) is 33.0 Å². The van der Waals surface area contributed by atoms with Gasteiger partial charge in [0.2, 0.25) is 0 Å². The summed E-state index contributed by atoms with van der Waals surface area (Å²) in [6.07, 6.45) is 11.1. The molecule has 0 atom stereocenters. The van der Waals surface area contributed by atoms with E-state index in [0.717, 1.165) is 122 Å². The molecular weight excluding hydrogens is 780 g/mol. The normalized spacial score (nSPS) is 10.3. The number of benzene rings is 1. The molecule has 0 aliphatic rings. The van der Waals surface area contributed by atoms with Gasteiger partial charge in [0.15, 0.2) is 0 Å². The molecule has 362 valence electrons. The lowest BCUT2D eigenvalue weighted by molar-refractivity contribution is 0.0333. The molecule has 0 heterocycles. The molecule has 0 aliphatic carbocycles. The molecule has 15 nitrogen and oxygen atoms in total. The van der Waals surface area contributed by atoms with Crippen LogP contribution in [0.5, 0.6) is 11.5 Å². The van der Waals surface area contributed by atoms with Crippen LogP contribution >= 0.6 is 0 Å². The largest absolute Gasteiger partial charge is 0.494 e. The zero-order valence-electron chi connectivity index (χ0n) is 38.7. The lowest BCUT2D eigenvalue weighted by Crippen LogP contribution is -2.07. The van der Waals surface area contributed by atoms with E-state index in [1.807, 2.05) is 24.3 Å². The smallest absolute Gasteiger partial charge is 0.119 e. The Hall–Kier alpha value is -1.70. The van der Waals surface area contributed by atoms with Crippen LogP contribution in [0, 0.1) is 0 Å². The molecule has 0 spiro atoms. The highest BCUT2D eigenvalue weighted by Gasteiger charge is 1.96. The minimum absolute atomic E-state index is 0.0358. The molecule has 1 rings (SSSR count). The number of ether oxygens (including phenoxy) is 10. The Morgan fingerprint density at radius 3 is 0.900 bits per heavy atom. The van der Waals surface area contributed by atoms with Crippen molar-refractivity contribution in [2.45, 2.75) is 105 Å². The van der Waals surface area contributed by atoms with Crippen molar-refractivity contribution in [1.29, 1.82) is 0 Å². The Balaban J connectivity index is -0.000000328. The van der Waals surface area contributed by atoms with Gasteiger partial charge in [0.05, 0.1) is 66.1 Å². The predicted octanol–water partition coefficient (Wildman–Crippen LogP) is 5.87. The molecule has 60 heavy (non-hydrogen) atoms. The minimum atomic E-state index is 0.0358. The van der Waals surface area contributed by atoms with Crippen LogP contribution < -0.4 is 9.47 Å². The Morgan fingerprint density at radius 1 is 0.267 bits per heavy atom. The Morgan fingerprint density at radius 2 is 0.550 bits per heavy atom. The first kappa shape index (κ1) is 64.9. The molecule has 0 radical (unpaired) electrons. The molecule has 0 aliphatic heterocycles. The molecule has 5 N–H and O–H groups in total. The van der Waals surface area contributed by atoms with E-state index in [2.05, 4.69) is 34.6 Å². The maximum absolute atomic E-state index is 8.55. The van der Waals surface area contributed by atoms with Crippen LogP contribution in [0.25, 0.3) is 0 Å². The van der Waals surface area contributed by atoms with Crippen LogP contribution in [0.15, 0.2) is 24.3 Å². The van der Waals surface area contributed by atoms with E-state index in [1.54, 1.807) is 0 Å². The van der Waals surface area contributed by atoms with Gasteiger partial charge in [-0.3, -0.25) is 0 Å². The number of hydrogen-bond donors (Lipinski definition) is 5. The van der Waals surface area contributed by atoms with E-state index >= 15 is 0 Å². The summed E-state index contributed by atoms with van der Waals surface area (Å²) in [5, 5.41) is 42.1. The second-order valence-corrected chi connectivity index (χ2v) is 12.8. The summed E-state index contributed by atoms with van der Waals surface area (Å²) in [6.45, 7) is 23.2. The second kappa shape index (κ2) is 66.4. The first-order chi connectivity index (χ1) is 29.5. The van der Waals surface area contributed by atoms with E-state index in [9.17, 15) is 0 Å². The summed E-state index contributed by atoms with van der Waals surface area (Å²) in [4.78, 5) is 0. The summed E-state index contributed by atoms with van der Waals surface area (Å²) < 4.78 is 52.0. The van der Waals surface area contributed by atoms with Crippen LogP contribution in [0.3, 0.4) is 0 Å². The summed E-state index contributed by atoms with van der Waals surface area (Å²) in [5.74, 6) is 1.60. The van der Waals surface area contributed by atoms with Crippen molar-refractivity contribution in [3.8, 4) is 11.5 Å². The fourth-order valence-electron chi connectivity index (χ4n) is 3.84. The molecule has 0 unspecified atom stereocenters. The average Bonchev–Trinajstić information content (AvgIpc) is 3.27. The maximum Gasteiger partial charge on any atom is 0.119 e. The Labute approximate surface area is 365 Å². The lowest BCUT2D eigenvalue weighted by atomic mass is 10.3. The predicted molar refractivity (Wildman–Crippen MR) is 239 cm³/mol. The van der Waals surface area contributed by atoms with E-state index in [1.165, 1.54) is 12.8 Å². The minimum Gasteiger partial charge on any atom is -0.494 e. The van der Waals surface area contributed by atoms with Gasteiger partial charge in [0.1, 0.15) is 18.1 Å². The molecule has 0 aromatic heterocycles. The molecule has 0 fully saturated rings. The highest BCUT2D eigenvalue weighted by molar-refractivity contribution is 5.31. The molecule has 1 aromatic carbocycles. The topological polar surface area (TPSA) is 193 Å². The highest BCUT2D eigenvalue weighted by Crippen LogP contribution is 2.17. The lowest BCUT2D eigenvalue weighted by Gasteiger charge is -2.06. The second-order valence-electron chi connectivity index (χ2n) is 12.8. The highest BCUT2D eigenvalue weighted by atomic mass is 16.5. The Bertz CT molecular complexity index is 746. The SMILES string of the molecule is CCCCOCCCOCCCO.CCCCOCCOCCCO.CCCOCCCOCCO.CCCOCCOCCO.CCCOc1ccc(OCCO)cc1. The average molecular weight is 873 g/mol. The van der Waals surface area contributed by atoms with Crippen molar-refractivity contribution in [3.63, 3.8) is 0 Å². The molecule has 1 aromatic rings. The van der Waals surface area contributed by atoms with Gasteiger partial charge in [-0.05, 0) is 82.1 Å². The first-order valence-electron chi connectivity index (χ1n) is 22.5. The molecule has 0 amide bonds. The molecular formula is C45H92O15. The molecule has 15 heteroatoms. The van der Waals surface area contributed by atoms with E-state index < -0.39 is 0 Å². The monoisotopic (exact) mass is 873 g/mol. The van der Waals surface area contributed by atoms with Gasteiger partial charge in [-0.2, -0.15) is 0 Å². The molecule has 0 saturated heterocycles. The van der Waals surface area contributed by atoms with Crippen LogP contribution in [0.1, 0.15) is 105 Å². The number of rotatable bonds is 40. The summed E-state index contributed by atoms with van der Waals surface area (Å²) in [7, 11) is 0. The zero-order chi connectivity index (χ0) is 45.1. The third kappa shape index (κ3) is 68.0.